The molecule has 1 aliphatic heterocycles. The van der Waals surface area contributed by atoms with Crippen LogP contribution in [0.5, 0.6) is 0 Å². The Kier molecular flexibility index (Phi) is 3.93. The number of aliphatic carboxylic acids is 1. The highest BCUT2D eigenvalue weighted by atomic mass is 16.4. The molecule has 0 spiro atoms. The molecule has 0 bridgehead atoms. The van der Waals surface area contributed by atoms with E-state index in [1.54, 1.807) is 0 Å². The number of carboxylic acid groups (broad SMARTS) is 1. The van der Waals surface area contributed by atoms with E-state index in [-0.39, 0.29) is 12.0 Å². The smallest absolute Gasteiger partial charge is 0.321 e. The molecular weight excluding hydrogens is 178 g/mol. The molecule has 1 heterocycles. The molecule has 82 valence electrons. The van der Waals surface area contributed by atoms with Gasteiger partial charge in [0.05, 0.1) is 0 Å². The molecule has 0 aliphatic carbocycles. The van der Waals surface area contributed by atoms with Crippen LogP contribution in [0.2, 0.25) is 0 Å². The third-order valence-corrected chi connectivity index (χ3v) is 3.10. The molecule has 14 heavy (non-hydrogen) atoms. The molecule has 1 fully saturated rings. The van der Waals surface area contributed by atoms with E-state index in [0.717, 1.165) is 19.4 Å². The maximum Gasteiger partial charge on any atom is 0.321 e. The summed E-state index contributed by atoms with van der Waals surface area (Å²) in [6.45, 7) is 7.05. The molecule has 1 aliphatic rings. The van der Waals surface area contributed by atoms with E-state index < -0.39 is 5.97 Å². The fourth-order valence-electron chi connectivity index (χ4n) is 2.34. The van der Waals surface area contributed by atoms with E-state index in [1.807, 2.05) is 13.8 Å². The molecular formula is C11H21NO2. The van der Waals surface area contributed by atoms with Crippen molar-refractivity contribution in [1.29, 1.82) is 0 Å². The van der Waals surface area contributed by atoms with E-state index in [9.17, 15) is 9.90 Å². The molecule has 0 unspecified atom stereocenters. The minimum Gasteiger partial charge on any atom is -0.480 e. The van der Waals surface area contributed by atoms with E-state index in [2.05, 4.69) is 11.8 Å². The fourth-order valence-corrected chi connectivity index (χ4v) is 2.34. The zero-order valence-corrected chi connectivity index (χ0v) is 9.36. The number of likely N-dealkylation sites (tertiary alicyclic amines) is 1. The summed E-state index contributed by atoms with van der Waals surface area (Å²) in [5.41, 5.74) is 0. The SMILES string of the molecule is CC(C)[C@@H](C(=O)O)N1CCCC[C@@H]1C. The van der Waals surface area contributed by atoms with Crippen LogP contribution in [-0.4, -0.2) is 34.6 Å². The molecule has 0 aromatic heterocycles. The van der Waals surface area contributed by atoms with Gasteiger partial charge in [-0.2, -0.15) is 0 Å². The third kappa shape index (κ3) is 2.47. The summed E-state index contributed by atoms with van der Waals surface area (Å²) in [5, 5.41) is 9.17. The molecule has 3 heteroatoms. The van der Waals surface area contributed by atoms with Gasteiger partial charge in [0.2, 0.25) is 0 Å². The maximum atomic E-state index is 11.1. The molecule has 0 amide bonds. The van der Waals surface area contributed by atoms with Gasteiger partial charge in [0, 0.05) is 6.04 Å². The van der Waals surface area contributed by atoms with Crippen LogP contribution in [0.15, 0.2) is 0 Å². The van der Waals surface area contributed by atoms with E-state index in [4.69, 9.17) is 0 Å². The van der Waals surface area contributed by atoms with Crippen molar-refractivity contribution >= 4 is 5.97 Å². The Labute approximate surface area is 86.1 Å². The summed E-state index contributed by atoms with van der Waals surface area (Å²) in [4.78, 5) is 13.3. The standard InChI is InChI=1S/C11H21NO2/c1-8(2)10(11(13)14)12-7-5-4-6-9(12)3/h8-10H,4-7H2,1-3H3,(H,13,14)/t9-,10-/m0/s1. The van der Waals surface area contributed by atoms with Crippen molar-refractivity contribution in [3.8, 4) is 0 Å². The zero-order valence-electron chi connectivity index (χ0n) is 9.36. The lowest BCUT2D eigenvalue weighted by molar-refractivity contribution is -0.146. The number of piperidine rings is 1. The van der Waals surface area contributed by atoms with Crippen LogP contribution in [0.25, 0.3) is 0 Å². The largest absolute Gasteiger partial charge is 0.480 e. The van der Waals surface area contributed by atoms with Crippen molar-refractivity contribution in [2.45, 2.75) is 52.1 Å². The van der Waals surface area contributed by atoms with Gasteiger partial charge in [-0.25, -0.2) is 0 Å². The lowest BCUT2D eigenvalue weighted by atomic mass is 9.95. The minimum atomic E-state index is -0.672. The third-order valence-electron chi connectivity index (χ3n) is 3.10. The Hall–Kier alpha value is -0.570. The van der Waals surface area contributed by atoms with Crippen LogP contribution in [0, 0.1) is 5.92 Å². The number of hydrogen-bond acceptors (Lipinski definition) is 2. The Morgan fingerprint density at radius 2 is 2.07 bits per heavy atom. The summed E-state index contributed by atoms with van der Waals surface area (Å²) in [7, 11) is 0. The molecule has 1 saturated heterocycles. The van der Waals surface area contributed by atoms with Gasteiger partial charge < -0.3 is 5.11 Å². The average Bonchev–Trinajstić information content (AvgIpc) is 2.07. The van der Waals surface area contributed by atoms with Crippen molar-refractivity contribution < 1.29 is 9.90 Å². The molecule has 0 aromatic rings. The molecule has 0 aromatic carbocycles. The predicted octanol–water partition coefficient (Wildman–Crippen LogP) is 1.97. The lowest BCUT2D eigenvalue weighted by Gasteiger charge is -2.39. The molecule has 2 atom stereocenters. The van der Waals surface area contributed by atoms with Crippen molar-refractivity contribution in [3.63, 3.8) is 0 Å². The highest BCUT2D eigenvalue weighted by Crippen LogP contribution is 2.22. The molecule has 3 nitrogen and oxygen atoms in total. The molecule has 1 N–H and O–H groups in total. The van der Waals surface area contributed by atoms with E-state index in [1.165, 1.54) is 6.42 Å². The van der Waals surface area contributed by atoms with Crippen molar-refractivity contribution in [1.82, 2.24) is 4.90 Å². The quantitative estimate of drug-likeness (QED) is 0.755. The first-order valence-corrected chi connectivity index (χ1v) is 5.52. The number of rotatable bonds is 3. The van der Waals surface area contributed by atoms with Gasteiger partial charge in [0.25, 0.3) is 0 Å². The Morgan fingerprint density at radius 1 is 1.43 bits per heavy atom. The highest BCUT2D eigenvalue weighted by molar-refractivity contribution is 5.73. The van der Waals surface area contributed by atoms with Crippen molar-refractivity contribution in [3.05, 3.63) is 0 Å². The van der Waals surface area contributed by atoms with Gasteiger partial charge in [0.15, 0.2) is 0 Å². The van der Waals surface area contributed by atoms with Crippen molar-refractivity contribution in [2.75, 3.05) is 6.54 Å². The zero-order chi connectivity index (χ0) is 10.7. The Bertz CT molecular complexity index is 203. The van der Waals surface area contributed by atoms with Gasteiger partial charge in [-0.1, -0.05) is 20.3 Å². The minimum absolute atomic E-state index is 0.188. The van der Waals surface area contributed by atoms with Crippen LogP contribution in [-0.2, 0) is 4.79 Å². The highest BCUT2D eigenvalue weighted by Gasteiger charge is 2.32. The van der Waals surface area contributed by atoms with Gasteiger partial charge in [-0.05, 0) is 32.2 Å². The van der Waals surface area contributed by atoms with Crippen LogP contribution < -0.4 is 0 Å². The normalized spacial score (nSPS) is 26.4. The van der Waals surface area contributed by atoms with Gasteiger partial charge in [-0.15, -0.1) is 0 Å². The summed E-state index contributed by atoms with van der Waals surface area (Å²) < 4.78 is 0. The predicted molar refractivity (Wildman–Crippen MR) is 56.3 cm³/mol. The average molecular weight is 199 g/mol. The second-order valence-electron chi connectivity index (χ2n) is 4.61. The van der Waals surface area contributed by atoms with Crippen LogP contribution in [0.1, 0.15) is 40.0 Å². The lowest BCUT2D eigenvalue weighted by Crippen LogP contribution is -2.51. The Morgan fingerprint density at radius 3 is 2.50 bits per heavy atom. The summed E-state index contributed by atoms with van der Waals surface area (Å²) in [6, 6.07) is 0.123. The summed E-state index contributed by atoms with van der Waals surface area (Å²) in [6.07, 6.45) is 3.51. The summed E-state index contributed by atoms with van der Waals surface area (Å²) in [5.74, 6) is -0.484. The number of nitrogens with zero attached hydrogens (tertiary/aromatic N) is 1. The second-order valence-corrected chi connectivity index (χ2v) is 4.61. The van der Waals surface area contributed by atoms with Gasteiger partial charge >= 0.3 is 5.97 Å². The topological polar surface area (TPSA) is 40.5 Å². The van der Waals surface area contributed by atoms with Gasteiger partial charge in [-0.3, -0.25) is 9.69 Å². The first-order valence-electron chi connectivity index (χ1n) is 5.52. The first kappa shape index (κ1) is 11.5. The summed E-state index contributed by atoms with van der Waals surface area (Å²) >= 11 is 0. The number of hydrogen-bond donors (Lipinski definition) is 1. The van der Waals surface area contributed by atoms with E-state index >= 15 is 0 Å². The number of carboxylic acids is 1. The molecule has 0 saturated carbocycles. The Balaban J connectivity index is 2.70. The maximum absolute atomic E-state index is 11.1. The van der Waals surface area contributed by atoms with Crippen LogP contribution >= 0.6 is 0 Å². The molecule has 1 rings (SSSR count). The van der Waals surface area contributed by atoms with Crippen molar-refractivity contribution in [2.24, 2.45) is 5.92 Å². The van der Waals surface area contributed by atoms with E-state index in [0.29, 0.717) is 6.04 Å². The van der Waals surface area contributed by atoms with Crippen LogP contribution in [0.3, 0.4) is 0 Å². The van der Waals surface area contributed by atoms with Gasteiger partial charge in [0.1, 0.15) is 6.04 Å². The fraction of sp³-hybridized carbons (Fsp3) is 0.909. The number of carbonyl (C=O) groups is 1. The second kappa shape index (κ2) is 4.78. The monoisotopic (exact) mass is 199 g/mol. The van der Waals surface area contributed by atoms with Crippen LogP contribution in [0.4, 0.5) is 0 Å². The molecule has 0 radical (unpaired) electrons. The first-order chi connectivity index (χ1) is 6.54.